The van der Waals surface area contributed by atoms with E-state index in [1.165, 1.54) is 0 Å². The highest BCUT2D eigenvalue weighted by atomic mass is 16.3. The molecule has 2 atom stereocenters. The largest absolute Gasteiger partial charge is 0.391 e. The van der Waals surface area contributed by atoms with Gasteiger partial charge in [0.05, 0.1) is 17.7 Å². The van der Waals surface area contributed by atoms with Gasteiger partial charge in [-0.15, -0.1) is 5.10 Å². The smallest absolute Gasteiger partial charge is 0.257 e. The summed E-state index contributed by atoms with van der Waals surface area (Å²) in [5.41, 5.74) is 2.29. The Hall–Kier alpha value is -2.58. The van der Waals surface area contributed by atoms with Gasteiger partial charge in [-0.3, -0.25) is 4.79 Å². The van der Waals surface area contributed by atoms with Crippen molar-refractivity contribution in [2.45, 2.75) is 59.2 Å². The third-order valence-corrected chi connectivity index (χ3v) is 5.27. The van der Waals surface area contributed by atoms with Crippen molar-refractivity contribution in [1.29, 1.82) is 0 Å². The fraction of sp³-hybridized carbons (Fsp3) is 0.524. The third-order valence-electron chi connectivity index (χ3n) is 5.27. The number of tetrazole rings is 1. The lowest BCUT2D eigenvalue weighted by Crippen LogP contribution is -3.11. The second kappa shape index (κ2) is 8.42. The maximum absolute atomic E-state index is 12.7. The predicted octanol–water partition coefficient (Wildman–Crippen LogP) is 1.11. The Kier molecular flexibility index (Phi) is 6.14. The van der Waals surface area contributed by atoms with Crippen molar-refractivity contribution in [3.8, 4) is 0 Å². The number of rotatable bonds is 7. The number of nitrogens with zero attached hydrogens (tertiary/aromatic N) is 4. The Balaban J connectivity index is 1.99. The summed E-state index contributed by atoms with van der Waals surface area (Å²) in [5.74, 6) is 0.774. The van der Waals surface area contributed by atoms with Crippen LogP contribution in [0.15, 0.2) is 29.1 Å². The van der Waals surface area contributed by atoms with E-state index in [1.54, 1.807) is 0 Å². The predicted molar refractivity (Wildman–Crippen MR) is 112 cm³/mol. The number of H-pyrrole nitrogens is 1. The van der Waals surface area contributed by atoms with Crippen LogP contribution in [0.4, 0.5) is 0 Å². The molecule has 0 aliphatic heterocycles. The molecule has 0 saturated heterocycles. The second-order valence-electron chi connectivity index (χ2n) is 8.60. The van der Waals surface area contributed by atoms with Crippen LogP contribution in [0.3, 0.4) is 0 Å². The minimum absolute atomic E-state index is 0.0214. The molecule has 2 heterocycles. The number of nitrogens with one attached hydrogen (secondary N) is 2. The van der Waals surface area contributed by atoms with Gasteiger partial charge < -0.3 is 15.0 Å². The van der Waals surface area contributed by atoms with Crippen molar-refractivity contribution in [3.63, 3.8) is 0 Å². The Morgan fingerprint density at radius 2 is 2.03 bits per heavy atom. The van der Waals surface area contributed by atoms with E-state index in [2.05, 4.69) is 48.2 Å². The van der Waals surface area contributed by atoms with Crippen LogP contribution in [0.2, 0.25) is 0 Å². The quantitative estimate of drug-likeness (QED) is 0.552. The van der Waals surface area contributed by atoms with Crippen LogP contribution >= 0.6 is 0 Å². The number of aryl methyl sites for hydroxylation is 1. The molecule has 3 aromatic rings. The van der Waals surface area contributed by atoms with E-state index < -0.39 is 0 Å². The van der Waals surface area contributed by atoms with Gasteiger partial charge in [-0.05, 0) is 61.2 Å². The Morgan fingerprint density at radius 3 is 2.69 bits per heavy atom. The van der Waals surface area contributed by atoms with Crippen LogP contribution in [0.25, 0.3) is 10.9 Å². The van der Waals surface area contributed by atoms with Gasteiger partial charge in [-0.2, -0.15) is 0 Å². The highest BCUT2D eigenvalue weighted by Gasteiger charge is 2.32. The first kappa shape index (κ1) is 21.1. The van der Waals surface area contributed by atoms with Crippen LogP contribution in [0, 0.1) is 6.92 Å². The molecule has 0 amide bonds. The van der Waals surface area contributed by atoms with Gasteiger partial charge in [-0.25, -0.2) is 4.68 Å². The summed E-state index contributed by atoms with van der Waals surface area (Å²) in [4.78, 5) is 16.8. The highest BCUT2D eigenvalue weighted by molar-refractivity contribution is 5.79. The Morgan fingerprint density at radius 1 is 1.28 bits per heavy atom. The monoisotopic (exact) mass is 399 g/mol. The van der Waals surface area contributed by atoms with Gasteiger partial charge >= 0.3 is 0 Å². The molecule has 29 heavy (non-hydrogen) atoms. The van der Waals surface area contributed by atoms with Gasteiger partial charge in [0.2, 0.25) is 5.82 Å². The molecule has 0 spiro atoms. The zero-order valence-electron chi connectivity index (χ0n) is 17.9. The van der Waals surface area contributed by atoms with Crippen molar-refractivity contribution in [1.82, 2.24) is 25.2 Å². The molecule has 0 aliphatic rings. The summed E-state index contributed by atoms with van der Waals surface area (Å²) in [5, 5.41) is 23.1. The average Bonchev–Trinajstić information content (AvgIpc) is 3.13. The summed E-state index contributed by atoms with van der Waals surface area (Å²) < 4.78 is 1.84. The molecule has 0 saturated carbocycles. The lowest BCUT2D eigenvalue weighted by Gasteiger charge is -2.29. The molecule has 156 valence electrons. The molecule has 3 N–H and O–H groups in total. The van der Waals surface area contributed by atoms with E-state index >= 15 is 0 Å². The number of pyridine rings is 1. The first-order valence-electron chi connectivity index (χ1n) is 10.1. The number of fused-ring (bicyclic) bond motifs is 1. The van der Waals surface area contributed by atoms with Crippen LogP contribution in [-0.4, -0.2) is 43.4 Å². The zero-order chi connectivity index (χ0) is 21.2. The average molecular weight is 400 g/mol. The number of aliphatic hydroxyl groups is 1. The maximum atomic E-state index is 12.7. The number of aliphatic hydroxyl groups excluding tert-OH is 1. The highest BCUT2D eigenvalue weighted by Crippen LogP contribution is 2.19. The third kappa shape index (κ3) is 4.54. The molecule has 0 radical (unpaired) electrons. The molecule has 8 nitrogen and oxygen atoms in total. The summed E-state index contributed by atoms with van der Waals surface area (Å²) in [7, 11) is 0. The molecule has 1 aromatic carbocycles. The first-order chi connectivity index (χ1) is 13.7. The summed E-state index contributed by atoms with van der Waals surface area (Å²) in [6, 6.07) is 7.95. The van der Waals surface area contributed by atoms with E-state index in [1.807, 2.05) is 35.9 Å². The minimum Gasteiger partial charge on any atom is -0.391 e. The van der Waals surface area contributed by atoms with Gasteiger partial charge in [0.25, 0.3) is 5.56 Å². The van der Waals surface area contributed by atoms with Crippen LogP contribution in [0.1, 0.15) is 57.1 Å². The summed E-state index contributed by atoms with van der Waals surface area (Å²) in [6.07, 6.45) is 0.788. The topological polar surface area (TPSA) is 101 Å². The van der Waals surface area contributed by atoms with E-state index in [0.717, 1.165) is 33.6 Å². The standard InChI is InChI=1S/C21H30N6O2/c1-6-18(19-23-24-25-27(19)21(3,4)5)26(9-10-28)13-16-12-15-8-7-14(2)11-17(15)22-20(16)29/h7-8,11-12,18,28H,6,9-10,13H2,1-5H3,(H,22,29)/p+1/t18-/m0/s1. The number of benzene rings is 1. The van der Waals surface area contributed by atoms with Crippen molar-refractivity contribution in [3.05, 3.63) is 51.6 Å². The molecular weight excluding hydrogens is 368 g/mol. The number of aromatic amines is 1. The molecule has 0 aliphatic carbocycles. The lowest BCUT2D eigenvalue weighted by atomic mass is 10.1. The van der Waals surface area contributed by atoms with Crippen LogP contribution < -0.4 is 10.5 Å². The van der Waals surface area contributed by atoms with E-state index in [0.29, 0.717) is 18.7 Å². The Labute approximate surface area is 170 Å². The molecule has 0 fully saturated rings. The fourth-order valence-electron chi connectivity index (χ4n) is 3.81. The second-order valence-corrected chi connectivity index (χ2v) is 8.60. The van der Waals surface area contributed by atoms with Crippen molar-refractivity contribution in [2.75, 3.05) is 13.2 Å². The maximum Gasteiger partial charge on any atom is 0.257 e. The SMILES string of the molecule is CC[C@@H](c1nnnn1C(C)(C)C)[NH+](CCO)Cc1cc2ccc(C)cc2[nH]c1=O. The van der Waals surface area contributed by atoms with Crippen molar-refractivity contribution < 1.29 is 10.0 Å². The molecule has 2 aromatic heterocycles. The number of hydrogen-bond donors (Lipinski definition) is 3. The van der Waals surface area contributed by atoms with E-state index in [-0.39, 0.29) is 23.7 Å². The normalized spacial score (nSPS) is 14.3. The van der Waals surface area contributed by atoms with Crippen molar-refractivity contribution >= 4 is 10.9 Å². The van der Waals surface area contributed by atoms with Crippen LogP contribution in [0.5, 0.6) is 0 Å². The van der Waals surface area contributed by atoms with Crippen LogP contribution in [-0.2, 0) is 12.1 Å². The number of quaternary nitrogens is 1. The number of hydrogen-bond acceptors (Lipinski definition) is 5. The summed E-state index contributed by atoms with van der Waals surface area (Å²) >= 11 is 0. The first-order valence-corrected chi connectivity index (χ1v) is 10.1. The molecule has 1 unspecified atom stereocenters. The molecule has 0 bridgehead atoms. The molecule has 8 heteroatoms. The van der Waals surface area contributed by atoms with Gasteiger partial charge in [0.1, 0.15) is 19.1 Å². The minimum atomic E-state index is -0.255. The van der Waals surface area contributed by atoms with Crippen molar-refractivity contribution in [2.24, 2.45) is 0 Å². The van der Waals surface area contributed by atoms with Gasteiger partial charge in [-0.1, -0.05) is 19.1 Å². The lowest BCUT2D eigenvalue weighted by molar-refractivity contribution is -0.946. The fourth-order valence-corrected chi connectivity index (χ4v) is 3.81. The summed E-state index contributed by atoms with van der Waals surface area (Å²) in [6.45, 7) is 11.3. The van der Waals surface area contributed by atoms with Gasteiger partial charge in [0.15, 0.2) is 0 Å². The zero-order valence-corrected chi connectivity index (χ0v) is 17.9. The molecular formula is C21H31N6O2+. The van der Waals surface area contributed by atoms with E-state index in [4.69, 9.17) is 0 Å². The Bertz CT molecular complexity index is 1030. The molecule has 3 rings (SSSR count). The van der Waals surface area contributed by atoms with Gasteiger partial charge in [0, 0.05) is 11.9 Å². The number of aromatic nitrogens is 5. The van der Waals surface area contributed by atoms with E-state index in [9.17, 15) is 9.90 Å².